The van der Waals surface area contributed by atoms with Gasteiger partial charge in [-0.1, -0.05) is 19.1 Å². The van der Waals surface area contributed by atoms with E-state index in [0.29, 0.717) is 26.1 Å². The average molecular weight is 313 g/mol. The van der Waals surface area contributed by atoms with Crippen LogP contribution < -0.4 is 4.74 Å². The molecule has 5 nitrogen and oxygen atoms in total. The summed E-state index contributed by atoms with van der Waals surface area (Å²) in [4.78, 5) is 18.3. The van der Waals surface area contributed by atoms with Crippen molar-refractivity contribution in [2.75, 3.05) is 13.1 Å². The first-order valence-electron chi connectivity index (χ1n) is 8.17. The van der Waals surface area contributed by atoms with Crippen molar-refractivity contribution in [1.82, 2.24) is 14.5 Å². The minimum absolute atomic E-state index is 0.111. The number of aryl methyl sites for hydroxylation is 3. The number of ether oxygens (including phenoxy) is 1. The highest BCUT2D eigenvalue weighted by molar-refractivity contribution is 5.77. The quantitative estimate of drug-likeness (QED) is 0.823. The van der Waals surface area contributed by atoms with E-state index in [0.717, 1.165) is 18.0 Å². The number of aromatic nitrogens is 2. The van der Waals surface area contributed by atoms with E-state index in [9.17, 15) is 4.79 Å². The first-order valence-corrected chi connectivity index (χ1v) is 8.17. The van der Waals surface area contributed by atoms with Gasteiger partial charge in [-0.05, 0) is 24.6 Å². The van der Waals surface area contributed by atoms with Crippen LogP contribution in [0.3, 0.4) is 0 Å². The minimum Gasteiger partial charge on any atom is -0.487 e. The third-order valence-corrected chi connectivity index (χ3v) is 4.18. The van der Waals surface area contributed by atoms with Crippen LogP contribution in [0.5, 0.6) is 5.75 Å². The van der Waals surface area contributed by atoms with Crippen molar-refractivity contribution >= 4 is 5.91 Å². The second-order valence-corrected chi connectivity index (χ2v) is 6.00. The van der Waals surface area contributed by atoms with Gasteiger partial charge in [-0.3, -0.25) is 4.79 Å². The molecular weight excluding hydrogens is 290 g/mol. The van der Waals surface area contributed by atoms with E-state index in [1.54, 1.807) is 6.20 Å². The Morgan fingerprint density at radius 1 is 1.39 bits per heavy atom. The molecule has 0 radical (unpaired) electrons. The molecule has 0 unspecified atom stereocenters. The number of carbonyl (C=O) groups is 1. The van der Waals surface area contributed by atoms with Crippen LogP contribution in [0.2, 0.25) is 0 Å². The Bertz CT molecular complexity index is 674. The van der Waals surface area contributed by atoms with Crippen LogP contribution in [-0.2, 0) is 17.8 Å². The number of nitrogens with zero attached hydrogens (tertiary/aromatic N) is 3. The predicted molar refractivity (Wildman–Crippen MR) is 88.4 cm³/mol. The van der Waals surface area contributed by atoms with Crippen LogP contribution in [-0.4, -0.2) is 39.6 Å². The Balaban J connectivity index is 1.43. The van der Waals surface area contributed by atoms with E-state index in [4.69, 9.17) is 4.74 Å². The zero-order valence-electron chi connectivity index (χ0n) is 13.7. The third kappa shape index (κ3) is 3.73. The molecule has 23 heavy (non-hydrogen) atoms. The monoisotopic (exact) mass is 313 g/mol. The lowest BCUT2D eigenvalue weighted by atomic mass is 10.1. The average Bonchev–Trinajstić information content (AvgIpc) is 2.95. The van der Waals surface area contributed by atoms with E-state index in [1.807, 2.05) is 42.3 Å². The fraction of sp³-hybridized carbons (Fsp3) is 0.444. The molecule has 0 spiro atoms. The minimum atomic E-state index is 0.111. The molecule has 1 aromatic carbocycles. The Labute approximate surface area is 136 Å². The summed E-state index contributed by atoms with van der Waals surface area (Å²) in [5.74, 6) is 2.10. The molecule has 1 amide bonds. The second-order valence-electron chi connectivity index (χ2n) is 6.00. The van der Waals surface area contributed by atoms with E-state index < -0.39 is 0 Å². The number of rotatable bonds is 6. The van der Waals surface area contributed by atoms with Crippen LogP contribution in [0.1, 0.15) is 24.7 Å². The number of amides is 1. The van der Waals surface area contributed by atoms with Crippen molar-refractivity contribution in [3.05, 3.63) is 48.0 Å². The molecule has 5 heteroatoms. The highest BCUT2D eigenvalue weighted by atomic mass is 16.5. The lowest BCUT2D eigenvalue weighted by molar-refractivity contribution is -0.140. The molecule has 2 aromatic rings. The van der Waals surface area contributed by atoms with Gasteiger partial charge in [0.05, 0.1) is 13.1 Å². The lowest BCUT2D eigenvalue weighted by Crippen LogP contribution is -2.56. The third-order valence-electron chi connectivity index (χ3n) is 4.18. The number of likely N-dealkylation sites (tertiary alicyclic amines) is 1. The second kappa shape index (κ2) is 6.86. The number of carbonyl (C=O) groups excluding carboxylic acids is 1. The Morgan fingerprint density at radius 3 is 2.96 bits per heavy atom. The SMILES string of the molecule is CCc1nccn1CCC(=O)N1CC(Oc2cccc(C)c2)C1. The van der Waals surface area contributed by atoms with Gasteiger partial charge in [0.25, 0.3) is 0 Å². The van der Waals surface area contributed by atoms with E-state index >= 15 is 0 Å². The Kier molecular flexibility index (Phi) is 4.65. The maximum atomic E-state index is 12.2. The van der Waals surface area contributed by atoms with E-state index in [2.05, 4.69) is 16.5 Å². The fourth-order valence-electron chi connectivity index (χ4n) is 2.83. The van der Waals surface area contributed by atoms with Crippen molar-refractivity contribution in [2.24, 2.45) is 0 Å². The number of hydrogen-bond donors (Lipinski definition) is 0. The molecule has 1 aliphatic rings. The first-order chi connectivity index (χ1) is 11.2. The fourth-order valence-corrected chi connectivity index (χ4v) is 2.83. The topological polar surface area (TPSA) is 47.4 Å². The predicted octanol–water partition coefficient (Wildman–Crippen LogP) is 2.43. The molecule has 122 valence electrons. The number of benzene rings is 1. The molecule has 0 saturated carbocycles. The summed E-state index contributed by atoms with van der Waals surface area (Å²) in [7, 11) is 0. The van der Waals surface area contributed by atoms with E-state index in [-0.39, 0.29) is 12.0 Å². The van der Waals surface area contributed by atoms with Gasteiger partial charge in [-0.25, -0.2) is 4.98 Å². The summed E-state index contributed by atoms with van der Waals surface area (Å²) in [5, 5.41) is 0. The van der Waals surface area contributed by atoms with Crippen molar-refractivity contribution in [1.29, 1.82) is 0 Å². The molecule has 0 bridgehead atoms. The van der Waals surface area contributed by atoms with Crippen molar-refractivity contribution in [2.45, 2.75) is 39.3 Å². The Hall–Kier alpha value is -2.30. The maximum absolute atomic E-state index is 12.2. The molecular formula is C18H23N3O2. The molecule has 1 aromatic heterocycles. The lowest BCUT2D eigenvalue weighted by Gasteiger charge is -2.39. The molecule has 1 fully saturated rings. The van der Waals surface area contributed by atoms with E-state index in [1.165, 1.54) is 5.56 Å². The van der Waals surface area contributed by atoms with Crippen molar-refractivity contribution in [3.8, 4) is 5.75 Å². The molecule has 2 heterocycles. The van der Waals surface area contributed by atoms with Gasteiger partial charge in [0, 0.05) is 31.8 Å². The summed E-state index contributed by atoms with van der Waals surface area (Å²) < 4.78 is 7.94. The summed E-state index contributed by atoms with van der Waals surface area (Å²) in [5.41, 5.74) is 1.18. The van der Waals surface area contributed by atoms with Gasteiger partial charge < -0.3 is 14.2 Å². The summed E-state index contributed by atoms with van der Waals surface area (Å²) in [6.07, 6.45) is 5.24. The van der Waals surface area contributed by atoms with Crippen LogP contribution in [0, 0.1) is 6.92 Å². The standard InChI is InChI=1S/C18H23N3O2/c1-3-17-19-8-10-20(17)9-7-18(22)21-12-16(13-21)23-15-6-4-5-14(2)11-15/h4-6,8,10-11,16H,3,7,9,12-13H2,1-2H3. The highest BCUT2D eigenvalue weighted by Crippen LogP contribution is 2.19. The summed E-state index contributed by atoms with van der Waals surface area (Å²) >= 11 is 0. The van der Waals surface area contributed by atoms with Crippen molar-refractivity contribution in [3.63, 3.8) is 0 Å². The Morgan fingerprint density at radius 2 is 2.22 bits per heavy atom. The molecule has 0 N–H and O–H groups in total. The highest BCUT2D eigenvalue weighted by Gasteiger charge is 2.31. The van der Waals surface area contributed by atoms with Gasteiger partial charge in [0.2, 0.25) is 5.91 Å². The van der Waals surface area contributed by atoms with Gasteiger partial charge >= 0.3 is 0 Å². The smallest absolute Gasteiger partial charge is 0.224 e. The number of hydrogen-bond acceptors (Lipinski definition) is 3. The first kappa shape index (κ1) is 15.6. The molecule has 1 aliphatic heterocycles. The zero-order chi connectivity index (χ0) is 16.2. The molecule has 3 rings (SSSR count). The summed E-state index contributed by atoms with van der Waals surface area (Å²) in [6.45, 7) is 6.17. The van der Waals surface area contributed by atoms with Crippen LogP contribution >= 0.6 is 0 Å². The van der Waals surface area contributed by atoms with Gasteiger partial charge in [-0.15, -0.1) is 0 Å². The molecule has 1 saturated heterocycles. The van der Waals surface area contributed by atoms with Crippen LogP contribution in [0.4, 0.5) is 0 Å². The number of imidazole rings is 1. The molecule has 0 atom stereocenters. The largest absolute Gasteiger partial charge is 0.487 e. The molecule has 0 aliphatic carbocycles. The van der Waals surface area contributed by atoms with Gasteiger partial charge in [0.15, 0.2) is 0 Å². The van der Waals surface area contributed by atoms with Gasteiger partial charge in [0.1, 0.15) is 17.7 Å². The van der Waals surface area contributed by atoms with Crippen molar-refractivity contribution < 1.29 is 9.53 Å². The van der Waals surface area contributed by atoms with Crippen LogP contribution in [0.15, 0.2) is 36.7 Å². The zero-order valence-corrected chi connectivity index (χ0v) is 13.7. The van der Waals surface area contributed by atoms with Crippen LogP contribution in [0.25, 0.3) is 0 Å². The normalized spacial score (nSPS) is 14.6. The maximum Gasteiger partial charge on any atom is 0.224 e. The summed E-state index contributed by atoms with van der Waals surface area (Å²) in [6, 6.07) is 8.02. The van der Waals surface area contributed by atoms with Gasteiger partial charge in [-0.2, -0.15) is 0 Å².